The molecule has 4 heterocycles. The van der Waals surface area contributed by atoms with Crippen LogP contribution in [0.15, 0.2) is 97.3 Å². The van der Waals surface area contributed by atoms with E-state index in [2.05, 4.69) is 41.2 Å². The van der Waals surface area contributed by atoms with Crippen molar-refractivity contribution in [1.29, 1.82) is 0 Å². The smallest absolute Gasteiger partial charge is 0.565 e. The Balaban J connectivity index is 0.000000370. The zero-order valence-corrected chi connectivity index (χ0v) is 41.7. The number of ether oxygens (including phenoxy) is 2. The van der Waals surface area contributed by atoms with Gasteiger partial charge >= 0.3 is 150 Å². The van der Waals surface area contributed by atoms with E-state index in [0.29, 0.717) is 31.1 Å². The fourth-order valence-electron chi connectivity index (χ4n) is 4.04. The molecule has 6 aromatic rings. The topological polar surface area (TPSA) is 185 Å². The average Bonchev–Trinajstić information content (AvgIpc) is 3.68. The van der Waals surface area contributed by atoms with Crippen LogP contribution in [-0.2, 0) is 21.3 Å². The number of aromatic nitrogens is 6. The molecule has 244 valence electrons. The number of nitrogens with one attached hydrogen (secondary N) is 1. The second-order valence-electron chi connectivity index (χ2n) is 9.12. The van der Waals surface area contributed by atoms with E-state index >= 15 is 0 Å². The van der Waals surface area contributed by atoms with Crippen molar-refractivity contribution in [3.8, 4) is 0 Å². The normalized spacial score (nSPS) is 9.53. The Labute approximate surface area is 408 Å². The van der Waals surface area contributed by atoms with E-state index in [0.717, 1.165) is 38.5 Å². The predicted octanol–water partition coefficient (Wildman–Crippen LogP) is -0.732. The largest absolute Gasteiger partial charge is 1.00 e. The first kappa shape index (κ1) is 45.5. The summed E-state index contributed by atoms with van der Waals surface area (Å²) in [6, 6.07) is 26.7. The number of rotatable bonds is 7. The number of pyridine rings is 2. The number of esters is 2. The molecule has 6 rings (SSSR count). The van der Waals surface area contributed by atoms with E-state index in [-0.39, 0.29) is 144 Å². The van der Waals surface area contributed by atoms with Crippen molar-refractivity contribution in [3.05, 3.63) is 120 Å². The summed E-state index contributed by atoms with van der Waals surface area (Å²) in [5.74, 6) is -0.779. The van der Waals surface area contributed by atoms with Crippen molar-refractivity contribution in [1.82, 2.24) is 29.9 Å². The first-order valence-corrected chi connectivity index (χ1v) is 15.4. The molecule has 0 fully saturated rings. The van der Waals surface area contributed by atoms with Gasteiger partial charge in [0.05, 0.1) is 42.2 Å². The molecule has 0 atom stereocenters. The number of nitrogens with zero attached hydrogens (tertiary/aromatic N) is 5. The minimum absolute atomic E-state index is 0. The molecular formula is C33H32BrCs2N6O7+. The van der Waals surface area contributed by atoms with Gasteiger partial charge in [0, 0.05) is 28.5 Å². The molecule has 2 N–H and O–H groups in total. The SMILES string of the molecule is BrCc1ccccn1.CCOC(=O)c1n[nH]c2ccccc12.CCOC(=O)c1nn(Cc2ccccn2)c2ccccc12.O=C([O-])O.[Cs+].[Cs+]. The van der Waals surface area contributed by atoms with E-state index in [9.17, 15) is 9.59 Å². The summed E-state index contributed by atoms with van der Waals surface area (Å²) in [7, 11) is 0. The summed E-state index contributed by atoms with van der Waals surface area (Å²) in [5.41, 5.74) is 4.40. The quantitative estimate of drug-likeness (QED) is 0.152. The van der Waals surface area contributed by atoms with Crippen molar-refractivity contribution >= 4 is 55.8 Å². The molecule has 0 aliphatic carbocycles. The molecule has 0 spiro atoms. The van der Waals surface area contributed by atoms with Gasteiger partial charge in [0.1, 0.15) is 0 Å². The fraction of sp³-hybridized carbons (Fsp3) is 0.182. The number of carbonyl (C=O) groups is 3. The van der Waals surface area contributed by atoms with Crippen LogP contribution in [0, 0.1) is 0 Å². The Morgan fingerprint density at radius 3 is 1.82 bits per heavy atom. The predicted molar refractivity (Wildman–Crippen MR) is 176 cm³/mol. The van der Waals surface area contributed by atoms with E-state index < -0.39 is 12.1 Å². The van der Waals surface area contributed by atoms with Crippen molar-refractivity contribution in [2.45, 2.75) is 25.7 Å². The second-order valence-corrected chi connectivity index (χ2v) is 9.68. The van der Waals surface area contributed by atoms with Crippen LogP contribution in [0.2, 0.25) is 0 Å². The van der Waals surface area contributed by atoms with Crippen LogP contribution in [0.25, 0.3) is 21.8 Å². The van der Waals surface area contributed by atoms with E-state index in [1.807, 2.05) is 84.9 Å². The van der Waals surface area contributed by atoms with Gasteiger partial charge in [-0.25, -0.2) is 9.59 Å². The van der Waals surface area contributed by atoms with Gasteiger partial charge < -0.3 is 24.5 Å². The number of alkyl halides is 1. The second kappa shape index (κ2) is 25.4. The van der Waals surface area contributed by atoms with Gasteiger partial charge in [0.25, 0.3) is 0 Å². The molecule has 0 saturated carbocycles. The number of carboxylic acid groups (broad SMARTS) is 2. The third-order valence-corrected chi connectivity index (χ3v) is 6.54. The molecule has 0 aliphatic heterocycles. The van der Waals surface area contributed by atoms with Gasteiger partial charge in [-0.15, -0.1) is 0 Å². The van der Waals surface area contributed by atoms with E-state index in [4.69, 9.17) is 24.5 Å². The Morgan fingerprint density at radius 1 is 0.776 bits per heavy atom. The van der Waals surface area contributed by atoms with Crippen LogP contribution >= 0.6 is 15.9 Å². The Morgan fingerprint density at radius 2 is 1.29 bits per heavy atom. The zero-order chi connectivity index (χ0) is 34.0. The molecular weight excluding hydrogens is 938 g/mol. The zero-order valence-electron chi connectivity index (χ0n) is 27.6. The summed E-state index contributed by atoms with van der Waals surface area (Å²) in [6.45, 7) is 4.76. The molecule has 0 amide bonds. The van der Waals surface area contributed by atoms with Crippen molar-refractivity contribution in [3.63, 3.8) is 0 Å². The first-order chi connectivity index (χ1) is 22.8. The fourth-order valence-corrected chi connectivity index (χ4v) is 4.37. The molecule has 4 aromatic heterocycles. The summed E-state index contributed by atoms with van der Waals surface area (Å²) in [6.07, 6.45) is 1.45. The molecule has 0 unspecified atom stereocenters. The van der Waals surface area contributed by atoms with Crippen LogP contribution < -0.4 is 143 Å². The maximum Gasteiger partial charge on any atom is 1.00 e. The van der Waals surface area contributed by atoms with Gasteiger partial charge in [-0.1, -0.05) is 64.5 Å². The van der Waals surface area contributed by atoms with Crippen LogP contribution in [0.1, 0.15) is 46.2 Å². The first-order valence-electron chi connectivity index (χ1n) is 14.3. The molecule has 13 nitrogen and oxygen atoms in total. The molecule has 0 radical (unpaired) electrons. The van der Waals surface area contributed by atoms with Crippen molar-refractivity contribution < 1.29 is 172 Å². The number of carbonyl (C=O) groups excluding carboxylic acids is 2. The number of aromatic amines is 1. The Bertz CT molecular complexity index is 1870. The van der Waals surface area contributed by atoms with Crippen LogP contribution in [0.3, 0.4) is 0 Å². The molecule has 49 heavy (non-hydrogen) atoms. The number of benzene rings is 2. The summed E-state index contributed by atoms with van der Waals surface area (Å²) < 4.78 is 11.7. The van der Waals surface area contributed by atoms with Gasteiger partial charge in [-0.05, 0) is 50.2 Å². The number of para-hydroxylation sites is 2. The van der Waals surface area contributed by atoms with Gasteiger partial charge in [0.15, 0.2) is 11.4 Å². The van der Waals surface area contributed by atoms with E-state index in [1.54, 1.807) is 30.9 Å². The van der Waals surface area contributed by atoms with Crippen molar-refractivity contribution in [2.24, 2.45) is 0 Å². The number of H-pyrrole nitrogens is 1. The Hall–Kier alpha value is -1.53. The maximum atomic E-state index is 12.0. The maximum absolute atomic E-state index is 12.0. The minimum Gasteiger partial charge on any atom is -0.565 e. The Kier molecular flexibility index (Phi) is 23.6. The summed E-state index contributed by atoms with van der Waals surface area (Å²) in [5, 5.41) is 28.8. The number of fused-ring (bicyclic) bond motifs is 2. The summed E-state index contributed by atoms with van der Waals surface area (Å²) >= 11 is 3.29. The minimum atomic E-state index is -2.08. The number of hydrogen-bond donors (Lipinski definition) is 2. The third-order valence-electron chi connectivity index (χ3n) is 5.97. The van der Waals surface area contributed by atoms with Crippen LogP contribution in [0.4, 0.5) is 4.79 Å². The average molecular weight is 970 g/mol. The van der Waals surface area contributed by atoms with Crippen LogP contribution in [-0.4, -0.2) is 66.4 Å². The molecule has 0 aliphatic rings. The van der Waals surface area contributed by atoms with Crippen molar-refractivity contribution in [2.75, 3.05) is 13.2 Å². The van der Waals surface area contributed by atoms with E-state index in [1.165, 1.54) is 0 Å². The number of halogens is 1. The summed E-state index contributed by atoms with van der Waals surface area (Å²) in [4.78, 5) is 40.2. The van der Waals surface area contributed by atoms with Gasteiger partial charge in [0.2, 0.25) is 6.16 Å². The van der Waals surface area contributed by atoms with Crippen LogP contribution in [0.5, 0.6) is 0 Å². The number of hydrogen-bond acceptors (Lipinski definition) is 10. The van der Waals surface area contributed by atoms with Gasteiger partial charge in [-0.3, -0.25) is 19.7 Å². The molecule has 2 aromatic carbocycles. The third kappa shape index (κ3) is 15.3. The molecule has 0 saturated heterocycles. The standard InChI is InChI=1S/C16H15N3O2.C10H10N2O2.C6H6BrN.CH2O3.2Cs/c1-2-21-16(20)15-13-8-3-4-9-14(13)19(18-15)11-12-7-5-6-10-17-12;1-2-14-10(13)9-7-5-3-4-6-8(7)11-12-9;7-5-6-3-1-2-4-8-6;2-1(3)4;;/h3-10H,2,11H2,1H3;3-6H,2H2,1H3,(H,11,12);1-4H,5H2;(H2,2,3,4);;/q;;;;2*+1/p-1. The molecule has 0 bridgehead atoms. The monoisotopic (exact) mass is 969 g/mol. The molecule has 16 heteroatoms. The van der Waals surface area contributed by atoms with Gasteiger partial charge in [-0.2, -0.15) is 10.2 Å².